The van der Waals surface area contributed by atoms with Crippen LogP contribution < -0.4 is 0 Å². The third-order valence-corrected chi connectivity index (χ3v) is 1.44. The van der Waals surface area contributed by atoms with Crippen LogP contribution in [0.15, 0.2) is 3.96 Å². The Kier molecular flexibility index (Phi) is 1.84. The molecule has 1 fully saturated rings. The third-order valence-electron chi connectivity index (χ3n) is 0.566. The molecule has 1 aliphatic rings. The van der Waals surface area contributed by atoms with Gasteiger partial charge in [-0.3, -0.25) is 0 Å². The quantitative estimate of drug-likeness (QED) is 0.315. The van der Waals surface area contributed by atoms with Gasteiger partial charge in [-0.2, -0.15) is 0 Å². The van der Waals surface area contributed by atoms with E-state index in [0.717, 1.165) is 0 Å². The average Bonchev–Trinajstić information content (AvgIpc) is 1.81. The van der Waals surface area contributed by atoms with E-state index in [-0.39, 0.29) is 0 Å². The zero-order chi connectivity index (χ0) is 7.78. The zero-order valence-corrected chi connectivity index (χ0v) is 6.21. The minimum absolute atomic E-state index is 0.322. The van der Waals surface area contributed by atoms with Gasteiger partial charge in [0.2, 0.25) is 0 Å². The van der Waals surface area contributed by atoms with Gasteiger partial charge in [0, 0.05) is 0 Å². The average molecular weight is 207 g/mol. The van der Waals surface area contributed by atoms with E-state index < -0.39 is 16.4 Å². The summed E-state index contributed by atoms with van der Waals surface area (Å²) in [5.41, 5.74) is 0. The predicted molar refractivity (Wildman–Crippen MR) is 23.1 cm³/mol. The standard InChI is InChI=1S/CHN3O4S.Fe/c2-1(3)4-7-9(5,6)8-4;/h2H;/q;+1. The second-order valence-corrected chi connectivity index (χ2v) is 2.58. The summed E-state index contributed by atoms with van der Waals surface area (Å²) < 4.78 is 31.0. The van der Waals surface area contributed by atoms with Gasteiger partial charge < -0.3 is 0 Å². The zero-order valence-electron chi connectivity index (χ0n) is 4.29. The Bertz CT molecular complexity index is 258. The molecule has 1 heterocycles. The van der Waals surface area contributed by atoms with Crippen LogP contribution in [-0.2, 0) is 34.8 Å². The molecule has 57 valence electrons. The van der Waals surface area contributed by atoms with Crippen molar-refractivity contribution in [3.8, 4) is 0 Å². The van der Waals surface area contributed by atoms with Crippen LogP contribution >= 0.6 is 0 Å². The van der Waals surface area contributed by atoms with E-state index in [1.54, 1.807) is 0 Å². The van der Waals surface area contributed by atoms with Crippen molar-refractivity contribution in [3.63, 3.8) is 0 Å². The molecule has 1 saturated heterocycles. The van der Waals surface area contributed by atoms with E-state index in [2.05, 4.69) is 28.3 Å². The predicted octanol–water partition coefficient (Wildman–Crippen LogP) is -0.925. The van der Waals surface area contributed by atoms with Crippen molar-refractivity contribution < 1.29 is 32.8 Å². The van der Waals surface area contributed by atoms with E-state index in [4.69, 9.17) is 5.41 Å². The monoisotopic (exact) mass is 207 g/mol. The molecule has 10 heavy (non-hydrogen) atoms. The van der Waals surface area contributed by atoms with Crippen LogP contribution in [0.25, 0.3) is 0 Å². The van der Waals surface area contributed by atoms with Crippen molar-refractivity contribution in [2.75, 3.05) is 0 Å². The molecule has 1 aliphatic heterocycles. The van der Waals surface area contributed by atoms with Crippen LogP contribution in [0.5, 0.6) is 0 Å². The molecule has 0 saturated carbocycles. The molecule has 0 aromatic heterocycles. The molecule has 1 rings (SSSR count). The molecule has 7 nitrogen and oxygen atoms in total. The van der Waals surface area contributed by atoms with E-state index in [1.165, 1.54) is 0 Å². The molecule has 0 aliphatic carbocycles. The van der Waals surface area contributed by atoms with E-state index in [1.807, 2.05) is 0 Å². The third kappa shape index (κ3) is 1.39. The van der Waals surface area contributed by atoms with Crippen molar-refractivity contribution in [1.82, 2.24) is 5.23 Å². The Morgan fingerprint density at radius 3 is 2.40 bits per heavy atom. The normalized spacial score (nSPS) is 21.4. The molecule has 0 amide bonds. The van der Waals surface area contributed by atoms with Crippen molar-refractivity contribution >= 4 is 16.4 Å². The molecule has 0 aromatic rings. The maximum atomic E-state index is 10.1. The Morgan fingerprint density at radius 2 is 2.10 bits per heavy atom. The van der Waals surface area contributed by atoms with E-state index in [0.29, 0.717) is 5.23 Å². The number of hydrogen-bond donors (Lipinski definition) is 1. The van der Waals surface area contributed by atoms with Crippen LogP contribution in [0, 0.1) is 5.41 Å². The number of hydroxylamine groups is 2. The first kappa shape index (κ1) is 7.76. The van der Waals surface area contributed by atoms with Crippen molar-refractivity contribution in [1.29, 1.82) is 5.41 Å². The fourth-order valence-electron chi connectivity index (χ4n) is 0.271. The fraction of sp³-hybridized carbons (Fsp3) is 0. The van der Waals surface area contributed by atoms with E-state index >= 15 is 0 Å². The Balaban J connectivity index is 2.55. The van der Waals surface area contributed by atoms with Gasteiger partial charge in [-0.1, -0.05) is 0 Å². The van der Waals surface area contributed by atoms with Crippen LogP contribution in [0.3, 0.4) is 0 Å². The summed E-state index contributed by atoms with van der Waals surface area (Å²) in [5, 5.41) is 7.08. The molecule has 0 atom stereocenters. The topological polar surface area (TPSA) is 92.0 Å². The van der Waals surface area contributed by atoms with Gasteiger partial charge >= 0.3 is 63.8 Å². The maximum absolute atomic E-state index is 10.1. The van der Waals surface area contributed by atoms with E-state index in [9.17, 15) is 8.42 Å². The molecule has 9 heteroatoms. The van der Waals surface area contributed by atoms with Gasteiger partial charge in [0.15, 0.2) is 0 Å². The summed E-state index contributed by atoms with van der Waals surface area (Å²) in [5.74, 6) is -0.519. The number of nitrogens with zero attached hydrogens (tertiary/aromatic N) is 2. The van der Waals surface area contributed by atoms with Crippen LogP contribution in [0.2, 0.25) is 0 Å². The molecule has 0 radical (unpaired) electrons. The summed E-state index contributed by atoms with van der Waals surface area (Å²) in [6.45, 7) is 0. The Labute approximate surface area is 64.3 Å². The summed E-state index contributed by atoms with van der Waals surface area (Å²) in [7, 11) is -3.89. The van der Waals surface area contributed by atoms with Gasteiger partial charge in [-0.15, -0.1) is 0 Å². The van der Waals surface area contributed by atoms with Gasteiger partial charge in [0.05, 0.1) is 0 Å². The van der Waals surface area contributed by atoms with Gasteiger partial charge in [0.1, 0.15) is 0 Å². The molecule has 1 N–H and O–H groups in total. The first-order chi connectivity index (χ1) is 4.55. The number of nitrogens with one attached hydrogen (secondary N) is 1. The second kappa shape index (κ2) is 2.36. The Hall–Kier alpha value is -0.341. The SMILES string of the molecule is N=C([N]=[Fe+])N1OS(=O)(=O)O1. The van der Waals surface area contributed by atoms with Crippen LogP contribution in [0.4, 0.5) is 0 Å². The summed E-state index contributed by atoms with van der Waals surface area (Å²) in [4.78, 5) is 0. The molecular formula is CHFeN3O4S+. The summed E-state index contributed by atoms with van der Waals surface area (Å²) >= 11 is 2.94. The van der Waals surface area contributed by atoms with Crippen molar-refractivity contribution in [2.24, 2.45) is 3.96 Å². The van der Waals surface area contributed by atoms with Gasteiger partial charge in [-0.25, -0.2) is 0 Å². The van der Waals surface area contributed by atoms with Crippen LogP contribution in [0.1, 0.15) is 0 Å². The number of rotatable bonds is 0. The molecule has 0 unspecified atom stereocenters. The minimum atomic E-state index is -3.89. The summed E-state index contributed by atoms with van der Waals surface area (Å²) in [6, 6.07) is 0. The molecule has 0 bridgehead atoms. The second-order valence-electron chi connectivity index (χ2n) is 1.22. The molecule has 0 spiro atoms. The number of hydrogen-bond acceptors (Lipinski definition) is 5. The van der Waals surface area contributed by atoms with Crippen molar-refractivity contribution in [2.45, 2.75) is 0 Å². The first-order valence-corrected chi connectivity index (χ1v) is 3.71. The Morgan fingerprint density at radius 1 is 1.60 bits per heavy atom. The van der Waals surface area contributed by atoms with Gasteiger partial charge in [-0.05, 0) is 0 Å². The number of guanidine groups is 1. The van der Waals surface area contributed by atoms with Gasteiger partial charge in [0.25, 0.3) is 0 Å². The van der Waals surface area contributed by atoms with Crippen LogP contribution in [-0.4, -0.2) is 19.6 Å². The fourth-order valence-corrected chi connectivity index (χ4v) is 0.845. The summed E-state index contributed by atoms with van der Waals surface area (Å²) in [6.07, 6.45) is 0. The van der Waals surface area contributed by atoms with Crippen molar-refractivity contribution in [3.05, 3.63) is 0 Å². The molecule has 0 aromatic carbocycles. The molecular weight excluding hydrogens is 206 g/mol. The first-order valence-electron chi connectivity index (χ1n) is 1.89.